The Morgan fingerprint density at radius 3 is 2.27 bits per heavy atom. The maximum Gasteiger partial charge on any atom is 0.341 e. The van der Waals surface area contributed by atoms with E-state index in [1.54, 1.807) is 24.3 Å². The van der Waals surface area contributed by atoms with Gasteiger partial charge in [0.05, 0.1) is 18.8 Å². The van der Waals surface area contributed by atoms with Crippen LogP contribution in [-0.4, -0.2) is 24.3 Å². The summed E-state index contributed by atoms with van der Waals surface area (Å²) >= 11 is 0. The van der Waals surface area contributed by atoms with Crippen LogP contribution in [0.2, 0.25) is 0 Å². The average Bonchev–Trinajstić information content (AvgIpc) is 2.54. The van der Waals surface area contributed by atoms with Crippen molar-refractivity contribution in [1.82, 2.24) is 0 Å². The van der Waals surface area contributed by atoms with Crippen molar-refractivity contribution in [3.63, 3.8) is 0 Å². The molecule has 1 aromatic carbocycles. The Bertz CT molecular complexity index is 451. The van der Waals surface area contributed by atoms with Crippen molar-refractivity contribution in [3.05, 3.63) is 36.4 Å². The number of carbonyl (C=O) groups is 1. The molecule has 0 aliphatic carbocycles. The SMILES string of the molecule is C=C(CO)C(=O)Oc1ccc(OCCCCCCCC)cc1. The zero-order valence-corrected chi connectivity index (χ0v) is 13.3. The summed E-state index contributed by atoms with van der Waals surface area (Å²) in [6, 6.07) is 6.86. The van der Waals surface area contributed by atoms with Crippen LogP contribution in [0.5, 0.6) is 11.5 Å². The molecule has 0 unspecified atom stereocenters. The zero-order valence-electron chi connectivity index (χ0n) is 13.3. The first-order chi connectivity index (χ1) is 10.7. The van der Waals surface area contributed by atoms with Gasteiger partial charge in [0, 0.05) is 0 Å². The summed E-state index contributed by atoms with van der Waals surface area (Å²) in [7, 11) is 0. The molecular weight excluding hydrogens is 280 g/mol. The van der Waals surface area contributed by atoms with Gasteiger partial charge < -0.3 is 14.6 Å². The lowest BCUT2D eigenvalue weighted by atomic mass is 10.1. The maximum atomic E-state index is 11.4. The summed E-state index contributed by atoms with van der Waals surface area (Å²) in [4.78, 5) is 11.4. The van der Waals surface area contributed by atoms with E-state index in [9.17, 15) is 4.79 Å². The number of ether oxygens (including phenoxy) is 2. The summed E-state index contributed by atoms with van der Waals surface area (Å²) in [5.41, 5.74) is 0.0309. The highest BCUT2D eigenvalue weighted by atomic mass is 16.5. The van der Waals surface area contributed by atoms with Crippen molar-refractivity contribution in [2.45, 2.75) is 45.4 Å². The fourth-order valence-corrected chi connectivity index (χ4v) is 1.92. The lowest BCUT2D eigenvalue weighted by molar-refractivity contribution is -0.130. The number of hydrogen-bond acceptors (Lipinski definition) is 4. The molecule has 0 radical (unpaired) electrons. The topological polar surface area (TPSA) is 55.8 Å². The van der Waals surface area contributed by atoms with Crippen molar-refractivity contribution in [3.8, 4) is 11.5 Å². The summed E-state index contributed by atoms with van der Waals surface area (Å²) in [5.74, 6) is 0.545. The Morgan fingerprint density at radius 2 is 1.64 bits per heavy atom. The Hall–Kier alpha value is -1.81. The molecule has 22 heavy (non-hydrogen) atoms. The number of unbranched alkanes of at least 4 members (excludes halogenated alkanes) is 5. The maximum absolute atomic E-state index is 11.4. The van der Waals surface area contributed by atoms with Gasteiger partial charge in [-0.1, -0.05) is 45.6 Å². The van der Waals surface area contributed by atoms with Crippen LogP contribution in [0.1, 0.15) is 45.4 Å². The van der Waals surface area contributed by atoms with Gasteiger partial charge >= 0.3 is 5.97 Å². The van der Waals surface area contributed by atoms with Crippen LogP contribution in [-0.2, 0) is 4.79 Å². The van der Waals surface area contributed by atoms with E-state index in [0.717, 1.165) is 12.2 Å². The minimum Gasteiger partial charge on any atom is -0.494 e. The lowest BCUT2D eigenvalue weighted by Crippen LogP contribution is -2.12. The molecule has 1 aromatic rings. The standard InChI is InChI=1S/C18H26O4/c1-3-4-5-6-7-8-13-21-16-9-11-17(12-10-16)22-18(20)15(2)14-19/h9-12,19H,2-8,13-14H2,1H3. The molecule has 0 aromatic heterocycles. The molecule has 0 heterocycles. The number of aliphatic hydroxyl groups excluding tert-OH is 1. The quantitative estimate of drug-likeness (QED) is 0.292. The third kappa shape index (κ3) is 7.27. The second-order valence-corrected chi connectivity index (χ2v) is 5.24. The number of hydrogen-bond donors (Lipinski definition) is 1. The van der Waals surface area contributed by atoms with Crippen molar-refractivity contribution in [2.75, 3.05) is 13.2 Å². The van der Waals surface area contributed by atoms with Crippen LogP contribution >= 0.6 is 0 Å². The Labute approximate surface area is 132 Å². The molecule has 4 heteroatoms. The molecule has 0 aliphatic rings. The molecule has 0 amide bonds. The van der Waals surface area contributed by atoms with E-state index in [1.165, 1.54) is 32.1 Å². The van der Waals surface area contributed by atoms with Crippen molar-refractivity contribution in [1.29, 1.82) is 0 Å². The van der Waals surface area contributed by atoms with E-state index < -0.39 is 12.6 Å². The van der Waals surface area contributed by atoms with Gasteiger partial charge in [0.2, 0.25) is 0 Å². The fraction of sp³-hybridized carbons (Fsp3) is 0.500. The highest BCUT2D eigenvalue weighted by molar-refractivity contribution is 5.89. The fourth-order valence-electron chi connectivity index (χ4n) is 1.92. The minimum absolute atomic E-state index is 0.0309. The number of benzene rings is 1. The van der Waals surface area contributed by atoms with Crippen LogP contribution in [0.25, 0.3) is 0 Å². The van der Waals surface area contributed by atoms with Crippen LogP contribution in [0.15, 0.2) is 36.4 Å². The largest absolute Gasteiger partial charge is 0.494 e. The third-order valence-electron chi connectivity index (χ3n) is 3.28. The lowest BCUT2D eigenvalue weighted by Gasteiger charge is -2.08. The van der Waals surface area contributed by atoms with Gasteiger partial charge in [-0.15, -0.1) is 0 Å². The van der Waals surface area contributed by atoms with E-state index in [1.807, 2.05) is 0 Å². The van der Waals surface area contributed by atoms with Gasteiger partial charge in [0.25, 0.3) is 0 Å². The summed E-state index contributed by atoms with van der Waals surface area (Å²) in [5, 5.41) is 8.80. The van der Waals surface area contributed by atoms with Crippen molar-refractivity contribution < 1.29 is 19.4 Å². The smallest absolute Gasteiger partial charge is 0.341 e. The number of aliphatic hydroxyl groups is 1. The Balaban J connectivity index is 2.24. The molecule has 1 rings (SSSR count). The number of carbonyl (C=O) groups excluding carboxylic acids is 1. The highest BCUT2D eigenvalue weighted by Crippen LogP contribution is 2.18. The Morgan fingerprint density at radius 1 is 1.05 bits per heavy atom. The normalized spacial score (nSPS) is 10.3. The van der Waals surface area contributed by atoms with Crippen LogP contribution in [0, 0.1) is 0 Å². The second-order valence-electron chi connectivity index (χ2n) is 5.24. The molecule has 0 fully saturated rings. The van der Waals surface area contributed by atoms with Crippen LogP contribution < -0.4 is 9.47 Å². The first kappa shape index (κ1) is 18.2. The van der Waals surface area contributed by atoms with E-state index in [0.29, 0.717) is 12.4 Å². The predicted octanol–water partition coefficient (Wildman–Crippen LogP) is 3.88. The first-order valence-electron chi connectivity index (χ1n) is 7.91. The van der Waals surface area contributed by atoms with Crippen LogP contribution in [0.3, 0.4) is 0 Å². The van der Waals surface area contributed by atoms with Gasteiger partial charge in [-0.2, -0.15) is 0 Å². The Kier molecular flexibility index (Phi) is 9.00. The predicted molar refractivity (Wildman–Crippen MR) is 87.2 cm³/mol. The van der Waals surface area contributed by atoms with Gasteiger partial charge in [0.1, 0.15) is 11.5 Å². The molecule has 0 bridgehead atoms. The van der Waals surface area contributed by atoms with E-state index >= 15 is 0 Å². The number of esters is 1. The molecular formula is C18H26O4. The molecule has 0 atom stereocenters. The monoisotopic (exact) mass is 306 g/mol. The van der Waals surface area contributed by atoms with Crippen molar-refractivity contribution >= 4 is 5.97 Å². The minimum atomic E-state index is -0.622. The molecule has 0 aliphatic heterocycles. The highest BCUT2D eigenvalue weighted by Gasteiger charge is 2.08. The van der Waals surface area contributed by atoms with Gasteiger partial charge in [-0.25, -0.2) is 4.79 Å². The molecule has 122 valence electrons. The van der Waals surface area contributed by atoms with Crippen LogP contribution in [0.4, 0.5) is 0 Å². The zero-order chi connectivity index (χ0) is 16.2. The number of rotatable bonds is 11. The van der Waals surface area contributed by atoms with E-state index in [-0.39, 0.29) is 5.57 Å². The van der Waals surface area contributed by atoms with Crippen molar-refractivity contribution in [2.24, 2.45) is 0 Å². The average molecular weight is 306 g/mol. The second kappa shape index (κ2) is 10.9. The van der Waals surface area contributed by atoms with Gasteiger partial charge in [0.15, 0.2) is 0 Å². The third-order valence-corrected chi connectivity index (χ3v) is 3.28. The summed E-state index contributed by atoms with van der Waals surface area (Å²) < 4.78 is 10.7. The molecule has 0 saturated heterocycles. The summed E-state index contributed by atoms with van der Waals surface area (Å²) in [6.45, 7) is 5.92. The molecule has 0 saturated carbocycles. The molecule has 4 nitrogen and oxygen atoms in total. The summed E-state index contributed by atoms with van der Waals surface area (Å²) in [6.07, 6.45) is 7.38. The van der Waals surface area contributed by atoms with E-state index in [2.05, 4.69) is 13.5 Å². The molecule has 0 spiro atoms. The van der Waals surface area contributed by atoms with Gasteiger partial charge in [-0.3, -0.25) is 0 Å². The first-order valence-corrected chi connectivity index (χ1v) is 7.91. The van der Waals surface area contributed by atoms with E-state index in [4.69, 9.17) is 14.6 Å². The van der Waals surface area contributed by atoms with Gasteiger partial charge in [-0.05, 0) is 30.7 Å². The molecule has 1 N–H and O–H groups in total.